The van der Waals surface area contributed by atoms with Crippen LogP contribution in [-0.2, 0) is 21.4 Å². The van der Waals surface area contributed by atoms with Crippen LogP contribution in [0, 0.1) is 5.82 Å². The zero-order valence-electron chi connectivity index (χ0n) is 13.3. The molecular weight excluding hydrogens is 321 g/mol. The molecule has 2 rings (SSSR count). The Kier molecular flexibility index (Phi) is 5.72. The van der Waals surface area contributed by atoms with Crippen molar-refractivity contribution in [1.82, 2.24) is 13.9 Å². The fourth-order valence-electron chi connectivity index (χ4n) is 2.50. The molecule has 1 amide bonds. The number of piperidine rings is 1. The average molecular weight is 343 g/mol. The van der Waals surface area contributed by atoms with Crippen molar-refractivity contribution in [2.45, 2.75) is 25.3 Å². The minimum absolute atomic E-state index is 0.0653. The van der Waals surface area contributed by atoms with Gasteiger partial charge in [0.2, 0.25) is 5.91 Å². The fourth-order valence-corrected chi connectivity index (χ4v) is 3.36. The molecule has 0 aliphatic carbocycles. The van der Waals surface area contributed by atoms with Gasteiger partial charge in [-0.3, -0.25) is 4.79 Å². The number of carbonyl (C=O) groups is 1. The van der Waals surface area contributed by atoms with E-state index in [4.69, 9.17) is 0 Å². The molecule has 1 aromatic carbocycles. The summed E-state index contributed by atoms with van der Waals surface area (Å²) in [6.45, 7) is 0.990. The summed E-state index contributed by atoms with van der Waals surface area (Å²) in [6, 6.07) is 5.84. The summed E-state index contributed by atoms with van der Waals surface area (Å²) < 4.78 is 40.5. The number of halogens is 1. The van der Waals surface area contributed by atoms with Crippen molar-refractivity contribution < 1.29 is 17.6 Å². The lowest BCUT2D eigenvalue weighted by Gasteiger charge is -2.32. The predicted octanol–water partition coefficient (Wildman–Crippen LogP) is 0.755. The molecule has 0 spiro atoms. The van der Waals surface area contributed by atoms with E-state index in [0.29, 0.717) is 31.5 Å². The molecule has 1 aliphatic rings. The first-order valence-electron chi connectivity index (χ1n) is 7.50. The third-order valence-electron chi connectivity index (χ3n) is 3.89. The highest BCUT2D eigenvalue weighted by Crippen LogP contribution is 2.14. The molecule has 0 radical (unpaired) electrons. The lowest BCUT2D eigenvalue weighted by Crippen LogP contribution is -2.49. The van der Waals surface area contributed by atoms with Crippen LogP contribution in [0.1, 0.15) is 18.4 Å². The fraction of sp³-hybridized carbons (Fsp3) is 0.533. The average Bonchev–Trinajstić information content (AvgIpc) is 2.47. The van der Waals surface area contributed by atoms with Crippen LogP contribution in [-0.4, -0.2) is 56.8 Å². The second-order valence-electron chi connectivity index (χ2n) is 5.87. The quantitative estimate of drug-likeness (QED) is 0.858. The summed E-state index contributed by atoms with van der Waals surface area (Å²) in [5.41, 5.74) is 0.644. The first-order chi connectivity index (χ1) is 10.8. The largest absolute Gasteiger partial charge is 0.342 e. The number of nitrogens with zero attached hydrogens (tertiary/aromatic N) is 2. The molecule has 1 saturated heterocycles. The maximum Gasteiger partial charge on any atom is 0.279 e. The van der Waals surface area contributed by atoms with Crippen LogP contribution in [0.4, 0.5) is 4.39 Å². The van der Waals surface area contributed by atoms with Gasteiger partial charge in [-0.15, -0.1) is 0 Å². The van der Waals surface area contributed by atoms with Crippen molar-refractivity contribution in [2.75, 3.05) is 27.2 Å². The number of nitrogens with one attached hydrogen (secondary N) is 1. The van der Waals surface area contributed by atoms with Crippen LogP contribution in [0.25, 0.3) is 0 Å². The van der Waals surface area contributed by atoms with E-state index < -0.39 is 10.2 Å². The Morgan fingerprint density at radius 3 is 2.57 bits per heavy atom. The van der Waals surface area contributed by atoms with Crippen molar-refractivity contribution in [1.29, 1.82) is 0 Å². The summed E-state index contributed by atoms with van der Waals surface area (Å²) in [6.07, 6.45) is 1.30. The van der Waals surface area contributed by atoms with Crippen LogP contribution >= 0.6 is 0 Å². The van der Waals surface area contributed by atoms with Gasteiger partial charge in [0, 0.05) is 33.2 Å². The summed E-state index contributed by atoms with van der Waals surface area (Å²) in [5, 5.41) is 0. The van der Waals surface area contributed by atoms with Crippen molar-refractivity contribution in [3.05, 3.63) is 35.6 Å². The van der Waals surface area contributed by atoms with Crippen LogP contribution in [0.3, 0.4) is 0 Å². The number of amides is 1. The molecule has 1 aromatic rings. The SMILES string of the molecule is CN(C)S(=O)(=O)NC1CCN(C(=O)Cc2cccc(F)c2)CC1. The van der Waals surface area contributed by atoms with E-state index in [9.17, 15) is 17.6 Å². The van der Waals surface area contributed by atoms with Crippen LogP contribution in [0.15, 0.2) is 24.3 Å². The Labute approximate surface area is 136 Å². The van der Waals surface area contributed by atoms with E-state index in [0.717, 1.165) is 4.31 Å². The number of likely N-dealkylation sites (tertiary alicyclic amines) is 1. The van der Waals surface area contributed by atoms with Crippen molar-refractivity contribution in [3.63, 3.8) is 0 Å². The van der Waals surface area contributed by atoms with Gasteiger partial charge in [-0.2, -0.15) is 17.4 Å². The molecule has 6 nitrogen and oxygen atoms in total. The van der Waals surface area contributed by atoms with Gasteiger partial charge in [0.25, 0.3) is 10.2 Å². The summed E-state index contributed by atoms with van der Waals surface area (Å²) in [4.78, 5) is 13.9. The molecule has 1 heterocycles. The zero-order chi connectivity index (χ0) is 17.0. The molecule has 0 aromatic heterocycles. The maximum atomic E-state index is 13.1. The van der Waals surface area contributed by atoms with E-state index in [1.54, 1.807) is 17.0 Å². The van der Waals surface area contributed by atoms with E-state index >= 15 is 0 Å². The minimum atomic E-state index is -3.45. The normalized spacial score (nSPS) is 16.8. The summed E-state index contributed by atoms with van der Waals surface area (Å²) in [5.74, 6) is -0.420. The second kappa shape index (κ2) is 7.37. The number of hydrogen-bond acceptors (Lipinski definition) is 3. The molecule has 0 unspecified atom stereocenters. The third kappa shape index (κ3) is 4.98. The highest BCUT2D eigenvalue weighted by Gasteiger charge is 2.26. The molecule has 8 heteroatoms. The van der Waals surface area contributed by atoms with Gasteiger partial charge in [0.15, 0.2) is 0 Å². The number of rotatable bonds is 5. The Morgan fingerprint density at radius 1 is 1.35 bits per heavy atom. The Hall–Kier alpha value is -1.51. The van der Waals surface area contributed by atoms with Crippen LogP contribution < -0.4 is 4.72 Å². The van der Waals surface area contributed by atoms with E-state index in [1.807, 2.05) is 0 Å². The smallest absolute Gasteiger partial charge is 0.279 e. The molecule has 1 aliphatic heterocycles. The van der Waals surface area contributed by atoms with Crippen molar-refractivity contribution in [2.24, 2.45) is 0 Å². The van der Waals surface area contributed by atoms with Gasteiger partial charge in [-0.05, 0) is 30.5 Å². The van der Waals surface area contributed by atoms with E-state index in [2.05, 4.69) is 4.72 Å². The van der Waals surface area contributed by atoms with Gasteiger partial charge in [0.05, 0.1) is 6.42 Å². The second-order valence-corrected chi connectivity index (χ2v) is 7.78. The lowest BCUT2D eigenvalue weighted by atomic mass is 10.0. The third-order valence-corrected chi connectivity index (χ3v) is 5.48. The lowest BCUT2D eigenvalue weighted by molar-refractivity contribution is -0.131. The minimum Gasteiger partial charge on any atom is -0.342 e. The maximum absolute atomic E-state index is 13.1. The molecule has 1 N–H and O–H groups in total. The highest BCUT2D eigenvalue weighted by atomic mass is 32.2. The first-order valence-corrected chi connectivity index (χ1v) is 8.94. The number of benzene rings is 1. The van der Waals surface area contributed by atoms with Gasteiger partial charge in [0.1, 0.15) is 5.82 Å². The predicted molar refractivity (Wildman–Crippen MR) is 85.4 cm³/mol. The standard InChI is InChI=1S/C15H22FN3O3S/c1-18(2)23(21,22)17-14-6-8-19(9-7-14)15(20)11-12-4-3-5-13(16)10-12/h3-5,10,14,17H,6-9,11H2,1-2H3. The van der Waals surface area contributed by atoms with Crippen molar-refractivity contribution >= 4 is 16.1 Å². The summed E-state index contributed by atoms with van der Waals surface area (Å²) >= 11 is 0. The van der Waals surface area contributed by atoms with Crippen LogP contribution in [0.5, 0.6) is 0 Å². The Morgan fingerprint density at radius 2 is 2.00 bits per heavy atom. The van der Waals surface area contributed by atoms with Gasteiger partial charge in [-0.1, -0.05) is 12.1 Å². The van der Waals surface area contributed by atoms with Gasteiger partial charge < -0.3 is 4.90 Å². The molecule has 0 atom stereocenters. The monoisotopic (exact) mass is 343 g/mol. The Bertz CT molecular complexity index is 656. The molecule has 128 valence electrons. The molecule has 0 bridgehead atoms. The first kappa shape index (κ1) is 17.8. The van der Waals surface area contributed by atoms with Gasteiger partial charge in [-0.25, -0.2) is 4.39 Å². The topological polar surface area (TPSA) is 69.7 Å². The van der Waals surface area contributed by atoms with Crippen molar-refractivity contribution in [3.8, 4) is 0 Å². The molecule has 23 heavy (non-hydrogen) atoms. The van der Waals surface area contributed by atoms with Crippen LogP contribution in [0.2, 0.25) is 0 Å². The number of carbonyl (C=O) groups excluding carboxylic acids is 1. The van der Waals surface area contributed by atoms with Gasteiger partial charge >= 0.3 is 0 Å². The molecule has 1 fully saturated rings. The molecule has 0 saturated carbocycles. The summed E-state index contributed by atoms with van der Waals surface area (Å²) in [7, 11) is -0.506. The highest BCUT2D eigenvalue weighted by molar-refractivity contribution is 7.87. The molecular formula is C15H22FN3O3S. The Balaban J connectivity index is 1.85. The van der Waals surface area contributed by atoms with E-state index in [1.165, 1.54) is 26.2 Å². The number of hydrogen-bond donors (Lipinski definition) is 1. The zero-order valence-corrected chi connectivity index (χ0v) is 14.1. The van der Waals surface area contributed by atoms with E-state index in [-0.39, 0.29) is 24.2 Å².